The van der Waals surface area contributed by atoms with Gasteiger partial charge in [0.05, 0.1) is 0 Å². The van der Waals surface area contributed by atoms with Crippen molar-refractivity contribution in [3.63, 3.8) is 0 Å². The Kier molecular flexibility index (Phi) is 3.88. The fourth-order valence-corrected chi connectivity index (χ4v) is 7.19. The number of carbonyl (C=O) groups excluding carboxylic acids is 2. The molecule has 0 amide bonds. The minimum absolute atomic E-state index is 0.0532. The molecule has 7 atom stereocenters. The van der Waals surface area contributed by atoms with Gasteiger partial charge in [0, 0.05) is 10.8 Å². The number of hydrogen-bond acceptors (Lipinski definition) is 4. The molecule has 0 radical (unpaired) electrons. The van der Waals surface area contributed by atoms with E-state index in [2.05, 4.69) is 13.0 Å². The molecule has 0 spiro atoms. The summed E-state index contributed by atoms with van der Waals surface area (Å²) in [5.41, 5.74) is -1.47. The number of hydrogen-bond donors (Lipinski definition) is 2. The van der Waals surface area contributed by atoms with Crippen molar-refractivity contribution in [1.82, 2.24) is 0 Å². The number of aliphatic hydroxyl groups is 1. The summed E-state index contributed by atoms with van der Waals surface area (Å²) in [5.74, 6) is -2.12. The Labute approximate surface area is 159 Å². The van der Waals surface area contributed by atoms with E-state index in [-0.39, 0.29) is 23.0 Å². The van der Waals surface area contributed by atoms with Crippen LogP contribution in [0.5, 0.6) is 0 Å². The van der Waals surface area contributed by atoms with E-state index in [1.165, 1.54) is 5.57 Å². The maximum Gasteiger partial charge on any atom is 0.375 e. The second-order valence-electron chi connectivity index (χ2n) is 9.60. The van der Waals surface area contributed by atoms with Gasteiger partial charge in [0.25, 0.3) is 5.78 Å². The largest absolute Gasteiger partial charge is 0.475 e. The maximum atomic E-state index is 12.5. The van der Waals surface area contributed by atoms with Crippen LogP contribution in [0, 0.1) is 34.5 Å². The first-order valence-electron chi connectivity index (χ1n) is 10.00. The Morgan fingerprint density at radius 3 is 2.56 bits per heavy atom. The van der Waals surface area contributed by atoms with Crippen molar-refractivity contribution >= 4 is 17.5 Å². The van der Waals surface area contributed by atoms with Crippen molar-refractivity contribution in [3.8, 4) is 0 Å². The second-order valence-corrected chi connectivity index (χ2v) is 9.60. The molecule has 5 heteroatoms. The number of fused-ring (bicyclic) bond motifs is 5. The average Bonchev–Trinajstić information content (AvgIpc) is 2.83. The number of allylic oxidation sites excluding steroid dienone is 4. The molecule has 0 heterocycles. The van der Waals surface area contributed by atoms with Crippen LogP contribution in [-0.4, -0.2) is 33.3 Å². The van der Waals surface area contributed by atoms with Crippen molar-refractivity contribution in [2.75, 3.05) is 0 Å². The number of rotatable bonds is 2. The predicted molar refractivity (Wildman–Crippen MR) is 98.8 cm³/mol. The Hall–Kier alpha value is -1.75. The summed E-state index contributed by atoms with van der Waals surface area (Å²) in [7, 11) is 0. The normalized spacial score (nSPS) is 48.3. The lowest BCUT2D eigenvalue weighted by molar-refractivity contribution is -0.177. The van der Waals surface area contributed by atoms with E-state index in [1.807, 2.05) is 13.8 Å². The van der Waals surface area contributed by atoms with Gasteiger partial charge in [-0.05, 0) is 67.9 Å². The zero-order valence-electron chi connectivity index (χ0n) is 16.2. The Bertz CT molecular complexity index is 795. The molecule has 0 aromatic rings. The van der Waals surface area contributed by atoms with Crippen LogP contribution in [0.4, 0.5) is 0 Å². The molecule has 0 unspecified atom stereocenters. The fraction of sp³-hybridized carbons (Fsp3) is 0.682. The first-order valence-corrected chi connectivity index (χ1v) is 10.00. The summed E-state index contributed by atoms with van der Waals surface area (Å²) in [6.07, 6.45) is 9.40. The summed E-state index contributed by atoms with van der Waals surface area (Å²) < 4.78 is 0. The van der Waals surface area contributed by atoms with Crippen LogP contribution < -0.4 is 0 Å². The molecule has 4 aliphatic carbocycles. The van der Waals surface area contributed by atoms with Gasteiger partial charge in [0.1, 0.15) is 5.60 Å². The quantitative estimate of drug-likeness (QED) is 0.727. The molecule has 4 rings (SSSR count). The Morgan fingerprint density at radius 2 is 1.89 bits per heavy atom. The maximum absolute atomic E-state index is 12.5. The number of ketones is 2. The molecule has 0 aromatic heterocycles. The van der Waals surface area contributed by atoms with Crippen LogP contribution in [-0.2, 0) is 14.4 Å². The SMILES string of the molecule is C[C@@H]1C[C@H]2[C@@H]3CCC4=CC(=O)C=C[C@]4(C)[C@H]3CC[C@]2(C)[C@@]1(O)C(=O)C(=O)O. The number of carbonyl (C=O) groups is 3. The number of carboxylic acid groups (broad SMARTS) is 1. The smallest absolute Gasteiger partial charge is 0.375 e. The van der Waals surface area contributed by atoms with Crippen LogP contribution in [0.3, 0.4) is 0 Å². The molecule has 27 heavy (non-hydrogen) atoms. The van der Waals surface area contributed by atoms with E-state index in [1.54, 1.807) is 12.2 Å². The highest BCUT2D eigenvalue weighted by Crippen LogP contribution is 2.68. The van der Waals surface area contributed by atoms with Crippen LogP contribution in [0.15, 0.2) is 23.8 Å². The molecule has 5 nitrogen and oxygen atoms in total. The lowest BCUT2D eigenvalue weighted by atomic mass is 9.47. The molecule has 0 bridgehead atoms. The monoisotopic (exact) mass is 372 g/mol. The van der Waals surface area contributed by atoms with Gasteiger partial charge in [0.2, 0.25) is 0 Å². The van der Waals surface area contributed by atoms with E-state index in [0.717, 1.165) is 19.3 Å². The summed E-state index contributed by atoms with van der Waals surface area (Å²) in [5, 5.41) is 20.7. The number of aliphatic carboxylic acids is 1. The van der Waals surface area contributed by atoms with Gasteiger partial charge < -0.3 is 10.2 Å². The van der Waals surface area contributed by atoms with Crippen LogP contribution in [0.1, 0.15) is 52.9 Å². The first-order chi connectivity index (χ1) is 12.6. The molecule has 3 saturated carbocycles. The van der Waals surface area contributed by atoms with Gasteiger partial charge in [-0.25, -0.2) is 4.79 Å². The molecular weight excluding hydrogens is 344 g/mol. The van der Waals surface area contributed by atoms with Crippen molar-refractivity contribution in [2.45, 2.75) is 58.5 Å². The lowest BCUT2D eigenvalue weighted by Gasteiger charge is -2.57. The predicted octanol–water partition coefficient (Wildman–Crippen LogP) is 2.93. The molecule has 0 saturated heterocycles. The molecule has 0 aliphatic heterocycles. The van der Waals surface area contributed by atoms with Crippen LogP contribution in [0.25, 0.3) is 0 Å². The topological polar surface area (TPSA) is 91.7 Å². The first kappa shape index (κ1) is 18.6. The highest BCUT2D eigenvalue weighted by molar-refractivity contribution is 6.36. The third kappa shape index (κ3) is 2.18. The van der Waals surface area contributed by atoms with Crippen LogP contribution in [0.2, 0.25) is 0 Å². The fourth-order valence-electron chi connectivity index (χ4n) is 7.19. The van der Waals surface area contributed by atoms with Gasteiger partial charge >= 0.3 is 5.97 Å². The van der Waals surface area contributed by atoms with E-state index in [9.17, 15) is 24.6 Å². The molecular formula is C22H28O5. The van der Waals surface area contributed by atoms with Crippen LogP contribution >= 0.6 is 0 Å². The van der Waals surface area contributed by atoms with E-state index in [4.69, 9.17) is 0 Å². The molecule has 146 valence electrons. The Morgan fingerprint density at radius 1 is 1.19 bits per heavy atom. The highest BCUT2D eigenvalue weighted by Gasteiger charge is 2.69. The highest BCUT2D eigenvalue weighted by atomic mass is 16.4. The summed E-state index contributed by atoms with van der Waals surface area (Å²) in [6.45, 7) is 5.94. The van der Waals surface area contributed by atoms with E-state index >= 15 is 0 Å². The number of carboxylic acids is 1. The standard InChI is InChI=1S/C22H28O5/c1-12-10-17-15-5-4-13-11-14(23)6-8-20(13,2)16(15)7-9-21(17,3)22(12,27)18(24)19(25)26/h6,8,11-12,15-17,27H,4-5,7,9-10H2,1-3H3,(H,25,26)/t12-,15-,16+,17+,20+,21+,22+/m1/s1. The van der Waals surface area contributed by atoms with Gasteiger partial charge in [-0.2, -0.15) is 0 Å². The zero-order chi connectivity index (χ0) is 19.8. The lowest BCUT2D eigenvalue weighted by Crippen LogP contribution is -2.60. The van der Waals surface area contributed by atoms with Crippen molar-refractivity contribution in [3.05, 3.63) is 23.8 Å². The minimum atomic E-state index is -1.80. The number of Topliss-reactive ketones (excluding diaryl/α,β-unsaturated/α-hetero) is 1. The molecule has 3 fully saturated rings. The van der Waals surface area contributed by atoms with E-state index in [0.29, 0.717) is 24.7 Å². The van der Waals surface area contributed by atoms with Crippen molar-refractivity contribution < 1.29 is 24.6 Å². The molecule has 4 aliphatic rings. The summed E-state index contributed by atoms with van der Waals surface area (Å²) in [4.78, 5) is 35.8. The Balaban J connectivity index is 1.73. The second kappa shape index (κ2) is 5.63. The van der Waals surface area contributed by atoms with E-state index < -0.39 is 22.8 Å². The van der Waals surface area contributed by atoms with Gasteiger partial charge in [0.15, 0.2) is 5.78 Å². The minimum Gasteiger partial charge on any atom is -0.475 e. The molecule has 0 aromatic carbocycles. The third-order valence-corrected chi connectivity index (χ3v) is 8.68. The third-order valence-electron chi connectivity index (χ3n) is 8.68. The molecule has 2 N–H and O–H groups in total. The van der Waals surface area contributed by atoms with Gasteiger partial charge in [-0.3, -0.25) is 9.59 Å². The zero-order valence-corrected chi connectivity index (χ0v) is 16.2. The van der Waals surface area contributed by atoms with Gasteiger partial charge in [-0.15, -0.1) is 0 Å². The summed E-state index contributed by atoms with van der Waals surface area (Å²) in [6, 6.07) is 0. The summed E-state index contributed by atoms with van der Waals surface area (Å²) >= 11 is 0. The van der Waals surface area contributed by atoms with Gasteiger partial charge in [-0.1, -0.05) is 32.4 Å². The van der Waals surface area contributed by atoms with Crippen molar-refractivity contribution in [2.24, 2.45) is 34.5 Å². The van der Waals surface area contributed by atoms with Crippen molar-refractivity contribution in [1.29, 1.82) is 0 Å². The average molecular weight is 372 g/mol.